The summed E-state index contributed by atoms with van der Waals surface area (Å²) in [6, 6.07) is 15.1. The summed E-state index contributed by atoms with van der Waals surface area (Å²) in [5.74, 6) is -1.20. The smallest absolute Gasteiger partial charge is 0.419 e. The molecule has 0 fully saturated rings. The van der Waals surface area contributed by atoms with Gasteiger partial charge in [0, 0.05) is 25.1 Å². The lowest BCUT2D eigenvalue weighted by Crippen LogP contribution is -2.38. The van der Waals surface area contributed by atoms with Crippen LogP contribution in [-0.2, 0) is 23.9 Å². The Morgan fingerprint density at radius 3 is 2.45 bits per heavy atom. The number of benzene rings is 2. The van der Waals surface area contributed by atoms with Crippen molar-refractivity contribution in [2.24, 2.45) is 0 Å². The lowest BCUT2D eigenvalue weighted by atomic mass is 10.1. The van der Waals surface area contributed by atoms with E-state index < -0.39 is 41.5 Å². The standard InChI is InChI=1S/C32H27F4N5O3/c1-3-44-24-11-9-23(10-12-24)41-30(39-27-7-5-15-38-29(27)31(41)43)20(2)40(19-22-6-4-14-37-18-22)28(42)17-21-8-13-26(33)25(16-21)32(34,35)36/h4-16,18,20H,3,17,19H2,1-2H3/t20-/m1/s1. The minimum Gasteiger partial charge on any atom is -0.494 e. The van der Waals surface area contributed by atoms with Gasteiger partial charge in [-0.3, -0.25) is 19.1 Å². The predicted octanol–water partition coefficient (Wildman–Crippen LogP) is 6.06. The van der Waals surface area contributed by atoms with Crippen LogP contribution >= 0.6 is 0 Å². The van der Waals surface area contributed by atoms with Crippen LogP contribution in [0.5, 0.6) is 5.75 Å². The van der Waals surface area contributed by atoms with Crippen molar-refractivity contribution in [2.75, 3.05) is 6.61 Å². The van der Waals surface area contributed by atoms with Crippen LogP contribution in [-0.4, -0.2) is 36.9 Å². The van der Waals surface area contributed by atoms with Gasteiger partial charge < -0.3 is 9.64 Å². The van der Waals surface area contributed by atoms with Gasteiger partial charge in [0.05, 0.1) is 35.8 Å². The van der Waals surface area contributed by atoms with Gasteiger partial charge in [-0.15, -0.1) is 0 Å². The average molecular weight is 606 g/mol. The number of amides is 1. The lowest BCUT2D eigenvalue weighted by molar-refractivity contribution is -0.140. The molecule has 12 heteroatoms. The first-order chi connectivity index (χ1) is 21.1. The molecule has 1 atom stereocenters. The first kappa shape index (κ1) is 30.3. The van der Waals surface area contributed by atoms with Crippen molar-refractivity contribution < 1.29 is 27.1 Å². The molecule has 226 valence electrons. The van der Waals surface area contributed by atoms with Gasteiger partial charge in [0.2, 0.25) is 5.91 Å². The van der Waals surface area contributed by atoms with Gasteiger partial charge in [0.1, 0.15) is 17.4 Å². The number of carbonyl (C=O) groups is 1. The molecule has 1 amide bonds. The second-order valence-electron chi connectivity index (χ2n) is 9.96. The monoisotopic (exact) mass is 605 g/mol. The van der Waals surface area contributed by atoms with Crippen molar-refractivity contribution in [3.63, 3.8) is 0 Å². The maximum absolute atomic E-state index is 14.0. The molecule has 8 nitrogen and oxygen atoms in total. The number of hydrogen-bond donors (Lipinski definition) is 0. The van der Waals surface area contributed by atoms with Gasteiger partial charge in [-0.25, -0.2) is 14.4 Å². The molecule has 44 heavy (non-hydrogen) atoms. The summed E-state index contributed by atoms with van der Waals surface area (Å²) in [4.78, 5) is 42.2. The number of ether oxygens (including phenoxy) is 1. The molecule has 0 saturated carbocycles. The van der Waals surface area contributed by atoms with Crippen LogP contribution in [0.15, 0.2) is 90.1 Å². The van der Waals surface area contributed by atoms with Crippen molar-refractivity contribution in [1.29, 1.82) is 0 Å². The fourth-order valence-corrected chi connectivity index (χ4v) is 4.87. The third kappa shape index (κ3) is 6.43. The Kier molecular flexibility index (Phi) is 8.70. The molecule has 0 radical (unpaired) electrons. The average Bonchev–Trinajstić information content (AvgIpc) is 3.01. The number of fused-ring (bicyclic) bond motifs is 1. The van der Waals surface area contributed by atoms with E-state index in [9.17, 15) is 27.2 Å². The van der Waals surface area contributed by atoms with E-state index in [0.29, 0.717) is 41.3 Å². The summed E-state index contributed by atoms with van der Waals surface area (Å²) >= 11 is 0. The molecule has 5 aromatic rings. The SMILES string of the molecule is CCOc1ccc(-n2c([C@@H](C)N(Cc3cccnc3)C(=O)Cc3ccc(F)c(C(F)(F)F)c3)nc3cccnc3c2=O)cc1. The van der Waals surface area contributed by atoms with Crippen LogP contribution < -0.4 is 10.3 Å². The molecule has 0 saturated heterocycles. The second kappa shape index (κ2) is 12.6. The number of halogens is 4. The van der Waals surface area contributed by atoms with E-state index >= 15 is 0 Å². The van der Waals surface area contributed by atoms with Crippen LogP contribution in [0.1, 0.15) is 42.4 Å². The molecule has 0 aliphatic carbocycles. The largest absolute Gasteiger partial charge is 0.494 e. The maximum Gasteiger partial charge on any atom is 0.419 e. The molecular formula is C32H27F4N5O3. The van der Waals surface area contributed by atoms with E-state index in [0.717, 1.165) is 6.07 Å². The fourth-order valence-electron chi connectivity index (χ4n) is 4.87. The molecule has 0 aliphatic heterocycles. The Labute approximate surface area is 249 Å². The number of rotatable bonds is 9. The summed E-state index contributed by atoms with van der Waals surface area (Å²) in [6.07, 6.45) is -0.784. The number of carbonyl (C=O) groups excluding carboxylic acids is 1. The molecule has 5 rings (SSSR count). The van der Waals surface area contributed by atoms with Gasteiger partial charge in [0.25, 0.3) is 5.56 Å². The lowest BCUT2D eigenvalue weighted by Gasteiger charge is -2.31. The van der Waals surface area contributed by atoms with Crippen molar-refractivity contribution in [3.8, 4) is 11.4 Å². The van der Waals surface area contributed by atoms with E-state index in [2.05, 4.69) is 9.97 Å². The van der Waals surface area contributed by atoms with E-state index in [1.807, 2.05) is 6.92 Å². The van der Waals surface area contributed by atoms with Gasteiger partial charge in [-0.1, -0.05) is 12.1 Å². The summed E-state index contributed by atoms with van der Waals surface area (Å²) < 4.78 is 61.1. The highest BCUT2D eigenvalue weighted by Crippen LogP contribution is 2.32. The van der Waals surface area contributed by atoms with Gasteiger partial charge >= 0.3 is 6.18 Å². The van der Waals surface area contributed by atoms with Crippen LogP contribution in [0.3, 0.4) is 0 Å². The summed E-state index contributed by atoms with van der Waals surface area (Å²) in [6.45, 7) is 3.98. The van der Waals surface area contributed by atoms with E-state index in [1.54, 1.807) is 67.8 Å². The Balaban J connectivity index is 1.62. The zero-order chi connectivity index (χ0) is 31.4. The highest BCUT2D eigenvalue weighted by atomic mass is 19.4. The molecule has 3 aromatic heterocycles. The maximum atomic E-state index is 14.0. The van der Waals surface area contributed by atoms with Crippen LogP contribution in [0.4, 0.5) is 17.6 Å². The molecule has 2 aromatic carbocycles. The Hall–Kier alpha value is -5.13. The quantitative estimate of drug-likeness (QED) is 0.190. The first-order valence-electron chi connectivity index (χ1n) is 13.7. The Morgan fingerprint density at radius 1 is 1.02 bits per heavy atom. The van der Waals surface area contributed by atoms with E-state index in [4.69, 9.17) is 9.72 Å². The Bertz CT molecular complexity index is 1840. The molecule has 0 spiro atoms. The van der Waals surface area contributed by atoms with Crippen molar-refractivity contribution in [3.05, 3.63) is 124 Å². The summed E-state index contributed by atoms with van der Waals surface area (Å²) in [5.41, 5.74) is -0.432. The van der Waals surface area contributed by atoms with Gasteiger partial charge in [-0.05, 0) is 79.6 Å². The number of hydrogen-bond acceptors (Lipinski definition) is 6. The van der Waals surface area contributed by atoms with E-state index in [1.165, 1.54) is 15.7 Å². The van der Waals surface area contributed by atoms with Crippen LogP contribution in [0.25, 0.3) is 16.7 Å². The minimum atomic E-state index is -4.93. The van der Waals surface area contributed by atoms with Crippen molar-refractivity contribution >= 4 is 16.9 Å². The van der Waals surface area contributed by atoms with Crippen LogP contribution in [0.2, 0.25) is 0 Å². The number of nitrogens with zero attached hydrogens (tertiary/aromatic N) is 5. The molecule has 0 aliphatic rings. The van der Waals surface area contributed by atoms with E-state index in [-0.39, 0.29) is 23.4 Å². The zero-order valence-corrected chi connectivity index (χ0v) is 23.8. The third-order valence-corrected chi connectivity index (χ3v) is 6.99. The normalized spacial score (nSPS) is 12.2. The number of aromatic nitrogens is 4. The molecule has 3 heterocycles. The number of alkyl halides is 3. The summed E-state index contributed by atoms with van der Waals surface area (Å²) in [7, 11) is 0. The molecule has 0 N–H and O–H groups in total. The highest BCUT2D eigenvalue weighted by molar-refractivity contribution is 5.79. The Morgan fingerprint density at radius 2 is 1.77 bits per heavy atom. The molecular weight excluding hydrogens is 578 g/mol. The minimum absolute atomic E-state index is 0.00535. The predicted molar refractivity (Wildman–Crippen MR) is 155 cm³/mol. The first-order valence-corrected chi connectivity index (χ1v) is 13.7. The number of pyridine rings is 2. The second-order valence-corrected chi connectivity index (χ2v) is 9.96. The summed E-state index contributed by atoms with van der Waals surface area (Å²) in [5, 5.41) is 0. The van der Waals surface area contributed by atoms with Crippen molar-refractivity contribution in [1.82, 2.24) is 24.4 Å². The van der Waals surface area contributed by atoms with Gasteiger partial charge in [0.15, 0.2) is 5.52 Å². The van der Waals surface area contributed by atoms with Crippen LogP contribution in [0, 0.1) is 5.82 Å². The fraction of sp³-hybridized carbons (Fsp3) is 0.219. The van der Waals surface area contributed by atoms with Crippen molar-refractivity contribution in [2.45, 2.75) is 39.0 Å². The topological polar surface area (TPSA) is 90.2 Å². The highest BCUT2D eigenvalue weighted by Gasteiger charge is 2.35. The van der Waals surface area contributed by atoms with Gasteiger partial charge in [-0.2, -0.15) is 13.2 Å². The zero-order valence-electron chi connectivity index (χ0n) is 23.8. The molecule has 0 bridgehead atoms. The third-order valence-electron chi connectivity index (χ3n) is 6.99. The molecule has 0 unspecified atom stereocenters.